The van der Waals surface area contributed by atoms with Gasteiger partial charge in [-0.15, -0.1) is 12.4 Å². The molecule has 7 heteroatoms. The maximum atomic E-state index is 13.4. The zero-order valence-electron chi connectivity index (χ0n) is 12.8. The monoisotopic (exact) mass is 346 g/mol. The molecule has 2 aliphatic rings. The third-order valence-electron chi connectivity index (χ3n) is 4.38. The summed E-state index contributed by atoms with van der Waals surface area (Å²) < 4.78 is 32.0. The molecule has 1 aromatic carbocycles. The van der Waals surface area contributed by atoms with Gasteiger partial charge in [-0.3, -0.25) is 4.79 Å². The first-order valence-electron chi connectivity index (χ1n) is 7.71. The maximum Gasteiger partial charge on any atom is 0.225 e. The number of nitrogens with one attached hydrogen (secondary N) is 1. The zero-order valence-corrected chi connectivity index (χ0v) is 13.6. The number of amides is 1. The van der Waals surface area contributed by atoms with Crippen molar-refractivity contribution in [1.29, 1.82) is 0 Å². The standard InChI is InChI=1S/C16H20F2N2O2.ClH/c17-13-2-1-12(9-14(13)18)15-10-20(7-8-22-15)16(21)11-3-5-19-6-4-11;/h1-2,9,11,15,19H,3-8,10H2;1H. The van der Waals surface area contributed by atoms with E-state index in [0.29, 0.717) is 25.3 Å². The second-order valence-corrected chi connectivity index (χ2v) is 5.84. The molecule has 0 saturated carbocycles. The minimum atomic E-state index is -0.886. The number of ether oxygens (including phenoxy) is 1. The molecule has 0 aliphatic carbocycles. The van der Waals surface area contributed by atoms with Gasteiger partial charge in [0.2, 0.25) is 5.91 Å². The van der Waals surface area contributed by atoms with Crippen molar-refractivity contribution >= 4 is 18.3 Å². The summed E-state index contributed by atoms with van der Waals surface area (Å²) in [5.74, 6) is -1.55. The molecule has 0 spiro atoms. The van der Waals surface area contributed by atoms with Gasteiger partial charge < -0.3 is 15.0 Å². The normalized spacial score (nSPS) is 22.5. The van der Waals surface area contributed by atoms with Crippen molar-refractivity contribution in [2.75, 3.05) is 32.8 Å². The molecule has 0 bridgehead atoms. The van der Waals surface area contributed by atoms with Crippen molar-refractivity contribution in [3.05, 3.63) is 35.4 Å². The van der Waals surface area contributed by atoms with Gasteiger partial charge in [0.1, 0.15) is 6.10 Å². The molecule has 1 unspecified atom stereocenters. The number of rotatable bonds is 2. The quantitative estimate of drug-likeness (QED) is 0.893. The van der Waals surface area contributed by atoms with Gasteiger partial charge in [-0.25, -0.2) is 8.78 Å². The first-order valence-corrected chi connectivity index (χ1v) is 7.71. The Bertz CT molecular complexity index is 553. The smallest absolute Gasteiger partial charge is 0.225 e. The van der Waals surface area contributed by atoms with Crippen LogP contribution in [0.4, 0.5) is 8.78 Å². The molecule has 128 valence electrons. The maximum absolute atomic E-state index is 13.4. The average Bonchev–Trinajstić information content (AvgIpc) is 2.57. The molecule has 1 aromatic rings. The van der Waals surface area contributed by atoms with E-state index < -0.39 is 17.7 Å². The first kappa shape index (κ1) is 18.1. The molecule has 1 amide bonds. The first-order chi connectivity index (χ1) is 10.6. The van der Waals surface area contributed by atoms with Crippen molar-refractivity contribution in [2.45, 2.75) is 18.9 Å². The Morgan fingerprint density at radius 3 is 2.65 bits per heavy atom. The largest absolute Gasteiger partial charge is 0.370 e. The summed E-state index contributed by atoms with van der Waals surface area (Å²) in [7, 11) is 0. The van der Waals surface area contributed by atoms with Crippen LogP contribution in [0.25, 0.3) is 0 Å². The third-order valence-corrected chi connectivity index (χ3v) is 4.38. The molecule has 3 rings (SSSR count). The second kappa shape index (κ2) is 8.04. The molecular formula is C16H21ClF2N2O2. The molecule has 2 fully saturated rings. The van der Waals surface area contributed by atoms with E-state index in [1.54, 1.807) is 4.90 Å². The molecule has 1 atom stereocenters. The van der Waals surface area contributed by atoms with E-state index in [-0.39, 0.29) is 24.2 Å². The Morgan fingerprint density at radius 2 is 1.96 bits per heavy atom. The van der Waals surface area contributed by atoms with Crippen LogP contribution >= 0.6 is 12.4 Å². The number of carbonyl (C=O) groups excluding carboxylic acids is 1. The summed E-state index contributed by atoms with van der Waals surface area (Å²) in [5.41, 5.74) is 0.571. The minimum Gasteiger partial charge on any atom is -0.370 e. The molecule has 0 aromatic heterocycles. The number of hydrogen-bond acceptors (Lipinski definition) is 3. The third kappa shape index (κ3) is 4.19. The summed E-state index contributed by atoms with van der Waals surface area (Å²) in [6, 6.07) is 3.77. The Labute approximate surface area is 140 Å². The van der Waals surface area contributed by atoms with Gasteiger partial charge in [-0.1, -0.05) is 6.07 Å². The van der Waals surface area contributed by atoms with Gasteiger partial charge in [-0.05, 0) is 43.6 Å². The Hall–Kier alpha value is -1.24. The van der Waals surface area contributed by atoms with E-state index in [2.05, 4.69) is 5.32 Å². The average molecular weight is 347 g/mol. The van der Waals surface area contributed by atoms with Gasteiger partial charge in [0, 0.05) is 12.5 Å². The lowest BCUT2D eigenvalue weighted by atomic mass is 9.96. The zero-order chi connectivity index (χ0) is 15.5. The lowest BCUT2D eigenvalue weighted by Crippen LogP contribution is -2.47. The van der Waals surface area contributed by atoms with Crippen LogP contribution in [0.3, 0.4) is 0 Å². The predicted molar refractivity (Wildman–Crippen MR) is 84.5 cm³/mol. The molecule has 4 nitrogen and oxygen atoms in total. The van der Waals surface area contributed by atoms with E-state index in [1.165, 1.54) is 6.07 Å². The van der Waals surface area contributed by atoms with Crippen LogP contribution in [0.15, 0.2) is 18.2 Å². The fraction of sp³-hybridized carbons (Fsp3) is 0.562. The lowest BCUT2D eigenvalue weighted by Gasteiger charge is -2.36. The highest BCUT2D eigenvalue weighted by molar-refractivity contribution is 5.85. The Morgan fingerprint density at radius 1 is 1.22 bits per heavy atom. The minimum absolute atomic E-state index is 0. The highest BCUT2D eigenvalue weighted by atomic mass is 35.5. The van der Waals surface area contributed by atoms with Crippen LogP contribution < -0.4 is 5.32 Å². The van der Waals surface area contributed by atoms with Gasteiger partial charge in [-0.2, -0.15) is 0 Å². The second-order valence-electron chi connectivity index (χ2n) is 5.84. The molecule has 2 saturated heterocycles. The van der Waals surface area contributed by atoms with E-state index in [9.17, 15) is 13.6 Å². The van der Waals surface area contributed by atoms with Gasteiger partial charge in [0.05, 0.1) is 13.2 Å². The van der Waals surface area contributed by atoms with Crippen LogP contribution in [0.5, 0.6) is 0 Å². The summed E-state index contributed by atoms with van der Waals surface area (Å²) in [5, 5.41) is 3.25. The molecule has 0 radical (unpaired) electrons. The molecule has 2 heterocycles. The molecule has 1 N–H and O–H groups in total. The number of hydrogen-bond donors (Lipinski definition) is 1. The number of morpholine rings is 1. The number of halogens is 3. The summed E-state index contributed by atoms with van der Waals surface area (Å²) in [4.78, 5) is 14.4. The van der Waals surface area contributed by atoms with Crippen molar-refractivity contribution in [3.8, 4) is 0 Å². The van der Waals surface area contributed by atoms with Crippen LogP contribution in [0.1, 0.15) is 24.5 Å². The van der Waals surface area contributed by atoms with Crippen molar-refractivity contribution in [3.63, 3.8) is 0 Å². The fourth-order valence-electron chi connectivity index (χ4n) is 3.09. The van der Waals surface area contributed by atoms with E-state index in [0.717, 1.165) is 38.1 Å². The molecular weight excluding hydrogens is 326 g/mol. The van der Waals surface area contributed by atoms with Crippen LogP contribution in [-0.2, 0) is 9.53 Å². The highest BCUT2D eigenvalue weighted by Crippen LogP contribution is 2.26. The van der Waals surface area contributed by atoms with Crippen molar-refractivity contribution < 1.29 is 18.3 Å². The highest BCUT2D eigenvalue weighted by Gasteiger charge is 2.30. The van der Waals surface area contributed by atoms with Gasteiger partial charge in [0.25, 0.3) is 0 Å². The SMILES string of the molecule is Cl.O=C(C1CCNCC1)N1CCOC(c2ccc(F)c(F)c2)C1. The number of piperidine rings is 1. The molecule has 23 heavy (non-hydrogen) atoms. The Balaban J connectivity index is 0.00000192. The van der Waals surface area contributed by atoms with E-state index >= 15 is 0 Å². The Kier molecular flexibility index (Phi) is 6.33. The van der Waals surface area contributed by atoms with Gasteiger partial charge in [0.15, 0.2) is 11.6 Å². The van der Waals surface area contributed by atoms with Crippen LogP contribution in [0, 0.1) is 17.6 Å². The number of nitrogens with zero attached hydrogens (tertiary/aromatic N) is 1. The van der Waals surface area contributed by atoms with Crippen molar-refractivity contribution in [1.82, 2.24) is 10.2 Å². The fourth-order valence-corrected chi connectivity index (χ4v) is 3.09. The number of benzene rings is 1. The molecule has 2 aliphatic heterocycles. The number of carbonyl (C=O) groups is 1. The summed E-state index contributed by atoms with van der Waals surface area (Å²) >= 11 is 0. The predicted octanol–water partition coefficient (Wildman–Crippen LogP) is 2.29. The van der Waals surface area contributed by atoms with Crippen LogP contribution in [-0.4, -0.2) is 43.6 Å². The van der Waals surface area contributed by atoms with E-state index in [4.69, 9.17) is 4.74 Å². The van der Waals surface area contributed by atoms with Gasteiger partial charge >= 0.3 is 0 Å². The topological polar surface area (TPSA) is 41.6 Å². The van der Waals surface area contributed by atoms with E-state index in [1.807, 2.05) is 0 Å². The summed E-state index contributed by atoms with van der Waals surface area (Å²) in [6.07, 6.45) is 1.31. The van der Waals surface area contributed by atoms with Crippen molar-refractivity contribution in [2.24, 2.45) is 5.92 Å². The van der Waals surface area contributed by atoms with Crippen LogP contribution in [0.2, 0.25) is 0 Å². The lowest BCUT2D eigenvalue weighted by molar-refractivity contribution is -0.144. The summed E-state index contributed by atoms with van der Waals surface area (Å²) in [6.45, 7) is 3.11.